The molecule has 27 heavy (non-hydrogen) atoms. The van der Waals surface area contributed by atoms with Crippen molar-refractivity contribution in [1.29, 1.82) is 0 Å². The summed E-state index contributed by atoms with van der Waals surface area (Å²) in [5.74, 6) is -7.02. The summed E-state index contributed by atoms with van der Waals surface area (Å²) in [4.78, 5) is 20.0. The molecule has 146 valence electrons. The lowest BCUT2D eigenvalue weighted by Crippen LogP contribution is -2.25. The normalized spacial score (nSPS) is 11.4. The first kappa shape index (κ1) is 20.8. The zero-order valence-electron chi connectivity index (χ0n) is 13.3. The highest BCUT2D eigenvalue weighted by Crippen LogP contribution is 2.34. The lowest BCUT2D eigenvalue weighted by Gasteiger charge is -2.15. The average molecular weight is 414 g/mol. The summed E-state index contributed by atoms with van der Waals surface area (Å²) in [6, 6.07) is 0.877. The van der Waals surface area contributed by atoms with Gasteiger partial charge in [0.15, 0.2) is 17.5 Å². The Bertz CT molecular complexity index is 876. The number of amides is 1. The molecular weight excluding hydrogens is 404 g/mol. The lowest BCUT2D eigenvalue weighted by molar-refractivity contribution is -0.137. The van der Waals surface area contributed by atoms with E-state index in [9.17, 15) is 31.1 Å². The van der Waals surface area contributed by atoms with E-state index in [4.69, 9.17) is 11.6 Å². The van der Waals surface area contributed by atoms with E-state index in [-0.39, 0.29) is 6.61 Å². The maximum absolute atomic E-state index is 14.1. The third-order valence-electron chi connectivity index (χ3n) is 3.13. The molecule has 12 heteroatoms. The topological polar surface area (TPSA) is 63.2 Å². The van der Waals surface area contributed by atoms with Gasteiger partial charge in [0.05, 0.1) is 28.4 Å². The summed E-state index contributed by atoms with van der Waals surface area (Å²) in [6.45, 7) is 1.53. The molecule has 2 rings (SSSR count). The second-order valence-electron chi connectivity index (χ2n) is 4.95. The van der Waals surface area contributed by atoms with Crippen molar-refractivity contribution in [2.45, 2.75) is 13.1 Å². The van der Waals surface area contributed by atoms with E-state index < -0.39 is 57.2 Å². The number of rotatable bonds is 5. The molecular formula is C15H10ClF6N3O2. The quantitative estimate of drug-likeness (QED) is 0.427. The first-order valence-corrected chi connectivity index (χ1v) is 7.53. The number of hydroxylamine groups is 1. The molecule has 1 amide bonds. The molecule has 0 spiro atoms. The molecule has 5 nitrogen and oxygen atoms in total. The summed E-state index contributed by atoms with van der Waals surface area (Å²) in [5.41, 5.74) is -0.940. The highest BCUT2D eigenvalue weighted by Gasteiger charge is 2.32. The lowest BCUT2D eigenvalue weighted by atomic mass is 10.1. The van der Waals surface area contributed by atoms with Gasteiger partial charge in [-0.1, -0.05) is 11.6 Å². The first-order chi connectivity index (χ1) is 12.6. The number of aromatic nitrogens is 1. The molecule has 0 aliphatic heterocycles. The highest BCUT2D eigenvalue weighted by molar-refractivity contribution is 6.33. The van der Waals surface area contributed by atoms with Gasteiger partial charge in [0.1, 0.15) is 5.82 Å². The van der Waals surface area contributed by atoms with Gasteiger partial charge >= 0.3 is 6.18 Å². The average Bonchev–Trinajstić information content (AvgIpc) is 2.60. The van der Waals surface area contributed by atoms with Gasteiger partial charge in [-0.25, -0.2) is 23.6 Å². The number of carbonyl (C=O) groups is 1. The van der Waals surface area contributed by atoms with Crippen LogP contribution in [0.1, 0.15) is 22.8 Å². The van der Waals surface area contributed by atoms with Crippen LogP contribution in [-0.4, -0.2) is 17.5 Å². The van der Waals surface area contributed by atoms with Gasteiger partial charge < -0.3 is 5.32 Å². The van der Waals surface area contributed by atoms with Crippen LogP contribution in [-0.2, 0) is 11.0 Å². The molecule has 0 aliphatic carbocycles. The van der Waals surface area contributed by atoms with Gasteiger partial charge in [-0.2, -0.15) is 13.2 Å². The summed E-state index contributed by atoms with van der Waals surface area (Å²) in [5, 5.41) is 1.51. The Hall–Kier alpha value is -2.53. The number of hydrogen-bond acceptors (Lipinski definition) is 4. The minimum absolute atomic E-state index is 0.0208. The van der Waals surface area contributed by atoms with E-state index in [1.165, 1.54) is 6.92 Å². The maximum atomic E-state index is 14.1. The van der Waals surface area contributed by atoms with Crippen LogP contribution in [0.4, 0.5) is 37.8 Å². The number of benzene rings is 1. The van der Waals surface area contributed by atoms with Gasteiger partial charge in [0.2, 0.25) is 0 Å². The van der Waals surface area contributed by atoms with Gasteiger partial charge in [0, 0.05) is 6.20 Å². The molecule has 0 radical (unpaired) electrons. The van der Waals surface area contributed by atoms with Crippen molar-refractivity contribution in [3.8, 4) is 0 Å². The molecule has 0 saturated carbocycles. The summed E-state index contributed by atoms with van der Waals surface area (Å²) >= 11 is 5.68. The van der Waals surface area contributed by atoms with E-state index in [0.29, 0.717) is 18.3 Å². The first-order valence-electron chi connectivity index (χ1n) is 7.15. The number of pyridine rings is 1. The smallest absolute Gasteiger partial charge is 0.336 e. The van der Waals surface area contributed by atoms with Crippen molar-refractivity contribution in [1.82, 2.24) is 10.5 Å². The number of alkyl halides is 3. The van der Waals surface area contributed by atoms with Crippen molar-refractivity contribution in [3.05, 3.63) is 51.9 Å². The summed E-state index contributed by atoms with van der Waals surface area (Å²) < 4.78 is 79.1. The van der Waals surface area contributed by atoms with Gasteiger partial charge in [-0.15, -0.1) is 0 Å². The number of carbonyl (C=O) groups excluding carboxylic acids is 1. The monoisotopic (exact) mass is 413 g/mol. The number of nitrogens with one attached hydrogen (secondary N) is 2. The molecule has 0 saturated heterocycles. The highest BCUT2D eigenvalue weighted by atomic mass is 35.5. The zero-order chi connectivity index (χ0) is 20.4. The van der Waals surface area contributed by atoms with Crippen LogP contribution in [0.2, 0.25) is 5.02 Å². The molecule has 0 aliphatic rings. The van der Waals surface area contributed by atoms with Gasteiger partial charge in [-0.3, -0.25) is 9.63 Å². The summed E-state index contributed by atoms with van der Waals surface area (Å²) in [6.07, 6.45) is -4.34. The van der Waals surface area contributed by atoms with Crippen molar-refractivity contribution in [2.24, 2.45) is 0 Å². The fourth-order valence-electron chi connectivity index (χ4n) is 1.89. The second kappa shape index (κ2) is 8.01. The van der Waals surface area contributed by atoms with Crippen molar-refractivity contribution in [2.75, 3.05) is 11.9 Å². The van der Waals surface area contributed by atoms with Crippen LogP contribution < -0.4 is 10.8 Å². The Labute approximate surface area is 153 Å². The standard InChI is InChI=1S/C15H10ClF6N3O2/c1-2-27-25-14(26)7-4-9(17)10(18)11(19)12(7)24-13-8(16)3-6(5-23-13)15(20,21)22/h3-5H,2H2,1H3,(H,23,24)(H,25,26). The predicted octanol–water partition coefficient (Wildman–Crippen LogP) is 4.60. The fourth-order valence-corrected chi connectivity index (χ4v) is 2.11. The largest absolute Gasteiger partial charge is 0.417 e. The van der Waals surface area contributed by atoms with E-state index in [1.54, 1.807) is 0 Å². The molecule has 1 aromatic heterocycles. The van der Waals surface area contributed by atoms with Gasteiger partial charge in [-0.05, 0) is 19.1 Å². The molecule has 2 N–H and O–H groups in total. The molecule has 0 fully saturated rings. The van der Waals surface area contributed by atoms with Crippen molar-refractivity contribution in [3.63, 3.8) is 0 Å². The molecule has 0 atom stereocenters. The third kappa shape index (κ3) is 4.61. The fraction of sp³-hybridized carbons (Fsp3) is 0.200. The van der Waals surface area contributed by atoms with Crippen LogP contribution in [0.15, 0.2) is 18.3 Å². The minimum atomic E-state index is -4.73. The van der Waals surface area contributed by atoms with E-state index >= 15 is 0 Å². The Balaban J connectivity index is 2.49. The van der Waals surface area contributed by atoms with E-state index in [1.807, 2.05) is 5.48 Å². The molecule has 2 aromatic rings. The van der Waals surface area contributed by atoms with Crippen molar-refractivity contribution >= 4 is 29.0 Å². The molecule has 1 heterocycles. The van der Waals surface area contributed by atoms with Crippen LogP contribution in [0, 0.1) is 17.5 Å². The maximum Gasteiger partial charge on any atom is 0.417 e. The SMILES string of the molecule is CCONC(=O)c1cc(F)c(F)c(F)c1Nc1ncc(C(F)(F)F)cc1Cl. The van der Waals surface area contributed by atoms with Crippen molar-refractivity contribution < 1.29 is 36.0 Å². The Kier molecular flexibility index (Phi) is 6.16. The Morgan fingerprint density at radius 2 is 1.89 bits per heavy atom. The second-order valence-corrected chi connectivity index (χ2v) is 5.36. The van der Waals surface area contributed by atoms with Gasteiger partial charge in [0.25, 0.3) is 5.91 Å². The summed E-state index contributed by atoms with van der Waals surface area (Å²) in [7, 11) is 0. The number of hydrogen-bond donors (Lipinski definition) is 2. The Morgan fingerprint density at radius 1 is 1.22 bits per heavy atom. The zero-order valence-corrected chi connectivity index (χ0v) is 14.1. The van der Waals surface area contributed by atoms with E-state index in [0.717, 1.165) is 0 Å². The molecule has 0 unspecified atom stereocenters. The predicted molar refractivity (Wildman–Crippen MR) is 82.9 cm³/mol. The van der Waals surface area contributed by atoms with Crippen LogP contribution in [0.3, 0.4) is 0 Å². The number of halogens is 7. The number of nitrogens with zero attached hydrogens (tertiary/aromatic N) is 1. The molecule has 1 aromatic carbocycles. The third-order valence-corrected chi connectivity index (χ3v) is 3.42. The number of anilines is 2. The Morgan fingerprint density at radius 3 is 2.44 bits per heavy atom. The van der Waals surface area contributed by atoms with E-state index in [2.05, 4.69) is 15.1 Å². The van der Waals surface area contributed by atoms with Crippen LogP contribution in [0.25, 0.3) is 0 Å². The van der Waals surface area contributed by atoms with Crippen LogP contribution >= 0.6 is 11.6 Å². The van der Waals surface area contributed by atoms with Crippen LogP contribution in [0.5, 0.6) is 0 Å². The molecule has 0 bridgehead atoms. The minimum Gasteiger partial charge on any atom is -0.336 e.